The lowest BCUT2D eigenvalue weighted by Gasteiger charge is -2.32. The Balaban J connectivity index is 1.51. The third kappa shape index (κ3) is 6.73. The molecule has 1 aromatic carbocycles. The van der Waals surface area contributed by atoms with E-state index in [0.29, 0.717) is 24.1 Å². The van der Waals surface area contributed by atoms with Crippen LogP contribution in [0, 0.1) is 11.7 Å². The van der Waals surface area contributed by atoms with Crippen LogP contribution in [0.2, 0.25) is 0 Å². The summed E-state index contributed by atoms with van der Waals surface area (Å²) in [5.41, 5.74) is -5.47. The second kappa shape index (κ2) is 11.5. The molecule has 1 fully saturated rings. The second-order valence-corrected chi connectivity index (χ2v) is 11.1. The van der Waals surface area contributed by atoms with Gasteiger partial charge in [-0.25, -0.2) is 14.4 Å². The predicted octanol–water partition coefficient (Wildman–Crippen LogP) is 5.01. The molecule has 2 atom stereocenters. The Hall–Kier alpha value is -3.98. The van der Waals surface area contributed by atoms with E-state index >= 15 is 0 Å². The summed E-state index contributed by atoms with van der Waals surface area (Å²) in [6.07, 6.45) is -7.53. The average molecular weight is 629 g/mol. The number of aliphatic hydroxyl groups is 1. The van der Waals surface area contributed by atoms with E-state index in [1.54, 1.807) is 6.92 Å². The summed E-state index contributed by atoms with van der Waals surface area (Å²) in [5.74, 6) is -2.13. The van der Waals surface area contributed by atoms with Crippen molar-refractivity contribution in [2.24, 2.45) is 5.92 Å². The minimum Gasteiger partial charge on any atom is -0.490 e. The molecule has 3 N–H and O–H groups in total. The number of carbonyl (C=O) groups is 1. The number of hydrogen-bond donors (Lipinski definition) is 3. The Bertz CT molecular complexity index is 1530. The number of hydrogen-bond acceptors (Lipinski definition) is 7. The number of carbonyl (C=O) groups excluding carboxylic acids is 1. The summed E-state index contributed by atoms with van der Waals surface area (Å²) in [6, 6.07) is 7.45. The largest absolute Gasteiger partial charge is 0.574 e. The Morgan fingerprint density at radius 3 is 2.45 bits per heavy atom. The molecule has 3 heterocycles. The number of rotatable bonds is 10. The fraction of sp³-hybridized carbons (Fsp3) is 0.414. The number of nitrogens with zero attached hydrogens (tertiary/aromatic N) is 2. The number of nitrogens with one attached hydrogen (secondary N) is 2. The van der Waals surface area contributed by atoms with Crippen molar-refractivity contribution < 1.29 is 50.1 Å². The van der Waals surface area contributed by atoms with E-state index in [2.05, 4.69) is 20.0 Å². The molecule has 44 heavy (non-hydrogen) atoms. The number of benzene rings is 1. The number of halogens is 7. The molecule has 1 aliphatic heterocycles. The molecule has 2 aliphatic rings. The average Bonchev–Trinajstić information content (AvgIpc) is 3.71. The van der Waals surface area contributed by atoms with Gasteiger partial charge in [0.1, 0.15) is 17.3 Å². The molecular formula is C29H27F7N4O4. The standard InChI is InChI=1S/C29H27F7N4O4/c1-26(13-37-12-16-2-3-16)15-43-24-20(26)11-21(40-23(24)17-4-6-19(30)7-5-17)27(42,28(31,32)33)14-39-25(41)18-8-9-38-22(10-18)44-29(34,35)36/h4-11,16,37,42H,2-3,12-15H2,1H3,(H,39,41)/t26-,27?/m0/s1. The third-order valence-corrected chi connectivity index (χ3v) is 7.54. The zero-order valence-electron chi connectivity index (χ0n) is 23.2. The minimum atomic E-state index is -5.38. The van der Waals surface area contributed by atoms with Crippen LogP contribution in [0.1, 0.15) is 41.4 Å². The van der Waals surface area contributed by atoms with Gasteiger partial charge < -0.3 is 25.2 Å². The SMILES string of the molecule is C[C@]1(CNCC2CC2)COc2c1cc(C(O)(CNC(=O)c1ccnc(OC(F)(F)F)c1)C(F)(F)F)nc2-c1ccc(F)cc1. The number of alkyl halides is 6. The van der Waals surface area contributed by atoms with Crippen LogP contribution < -0.4 is 20.1 Å². The van der Waals surface area contributed by atoms with Crippen LogP contribution in [0.25, 0.3) is 11.3 Å². The van der Waals surface area contributed by atoms with Crippen LogP contribution in [0.4, 0.5) is 30.7 Å². The lowest BCUT2D eigenvalue weighted by Crippen LogP contribution is -2.51. The highest BCUT2D eigenvalue weighted by atomic mass is 19.4. The van der Waals surface area contributed by atoms with E-state index < -0.39 is 59.0 Å². The van der Waals surface area contributed by atoms with E-state index in [1.165, 1.54) is 12.1 Å². The summed E-state index contributed by atoms with van der Waals surface area (Å²) in [5, 5.41) is 16.5. The van der Waals surface area contributed by atoms with Gasteiger partial charge in [0, 0.05) is 40.9 Å². The number of amides is 1. The van der Waals surface area contributed by atoms with Gasteiger partial charge in [0.15, 0.2) is 0 Å². The van der Waals surface area contributed by atoms with Gasteiger partial charge in [0.05, 0.1) is 18.8 Å². The van der Waals surface area contributed by atoms with Gasteiger partial charge >= 0.3 is 12.5 Å². The van der Waals surface area contributed by atoms with Crippen molar-refractivity contribution in [1.29, 1.82) is 0 Å². The highest BCUT2D eigenvalue weighted by Crippen LogP contribution is 2.47. The topological polar surface area (TPSA) is 106 Å². The first-order chi connectivity index (χ1) is 20.6. The lowest BCUT2D eigenvalue weighted by molar-refractivity contribution is -0.276. The van der Waals surface area contributed by atoms with Crippen molar-refractivity contribution >= 4 is 5.91 Å². The molecule has 3 aromatic rings. The highest BCUT2D eigenvalue weighted by Gasteiger charge is 2.57. The number of ether oxygens (including phenoxy) is 2. The fourth-order valence-electron chi connectivity index (χ4n) is 4.84. The zero-order valence-corrected chi connectivity index (χ0v) is 23.2. The van der Waals surface area contributed by atoms with Gasteiger partial charge in [0.2, 0.25) is 11.5 Å². The van der Waals surface area contributed by atoms with E-state index in [-0.39, 0.29) is 23.6 Å². The van der Waals surface area contributed by atoms with E-state index in [4.69, 9.17) is 4.74 Å². The van der Waals surface area contributed by atoms with Gasteiger partial charge in [-0.15, -0.1) is 13.2 Å². The predicted molar refractivity (Wildman–Crippen MR) is 141 cm³/mol. The summed E-state index contributed by atoms with van der Waals surface area (Å²) in [4.78, 5) is 20.2. The van der Waals surface area contributed by atoms with Crippen LogP contribution in [0.3, 0.4) is 0 Å². The van der Waals surface area contributed by atoms with E-state index in [9.17, 15) is 40.6 Å². The maximum Gasteiger partial charge on any atom is 0.574 e. The number of pyridine rings is 2. The van der Waals surface area contributed by atoms with Crippen LogP contribution in [-0.2, 0) is 11.0 Å². The fourth-order valence-corrected chi connectivity index (χ4v) is 4.84. The van der Waals surface area contributed by atoms with Crippen molar-refractivity contribution in [3.8, 4) is 22.9 Å². The molecule has 0 spiro atoms. The first-order valence-corrected chi connectivity index (χ1v) is 13.5. The van der Waals surface area contributed by atoms with Crippen molar-refractivity contribution in [1.82, 2.24) is 20.6 Å². The molecule has 236 valence electrons. The summed E-state index contributed by atoms with van der Waals surface area (Å²) in [6.45, 7) is 1.49. The molecular weight excluding hydrogens is 601 g/mol. The van der Waals surface area contributed by atoms with Crippen LogP contribution in [0.5, 0.6) is 11.6 Å². The van der Waals surface area contributed by atoms with Crippen molar-refractivity contribution in [3.63, 3.8) is 0 Å². The quantitative estimate of drug-likeness (QED) is 0.271. The first kappa shape index (κ1) is 31.4. The Morgan fingerprint density at radius 1 is 1.11 bits per heavy atom. The normalized spacial score (nSPS) is 19.6. The molecule has 8 nitrogen and oxygen atoms in total. The third-order valence-electron chi connectivity index (χ3n) is 7.54. The molecule has 0 radical (unpaired) electrons. The van der Waals surface area contributed by atoms with E-state index in [1.807, 2.05) is 5.32 Å². The molecule has 0 bridgehead atoms. The summed E-state index contributed by atoms with van der Waals surface area (Å²) >= 11 is 0. The first-order valence-electron chi connectivity index (χ1n) is 13.5. The van der Waals surface area contributed by atoms with Crippen molar-refractivity contribution in [2.75, 3.05) is 26.2 Å². The molecule has 1 saturated carbocycles. The van der Waals surface area contributed by atoms with Gasteiger partial charge in [0.25, 0.3) is 5.91 Å². The van der Waals surface area contributed by atoms with E-state index in [0.717, 1.165) is 49.8 Å². The molecule has 1 aliphatic carbocycles. The molecule has 1 amide bonds. The molecule has 2 aromatic heterocycles. The Labute approximate surface area is 246 Å². The number of fused-ring (bicyclic) bond motifs is 1. The second-order valence-electron chi connectivity index (χ2n) is 11.1. The highest BCUT2D eigenvalue weighted by molar-refractivity contribution is 5.94. The minimum absolute atomic E-state index is 0.0690. The molecule has 5 rings (SSSR count). The zero-order chi connectivity index (χ0) is 31.9. The Morgan fingerprint density at radius 2 is 1.82 bits per heavy atom. The Kier molecular flexibility index (Phi) is 8.22. The summed E-state index contributed by atoms with van der Waals surface area (Å²) < 4.78 is 105. The van der Waals surface area contributed by atoms with Crippen LogP contribution >= 0.6 is 0 Å². The maximum atomic E-state index is 14.6. The lowest BCUT2D eigenvalue weighted by atomic mass is 9.82. The molecule has 15 heteroatoms. The smallest absolute Gasteiger partial charge is 0.490 e. The maximum absolute atomic E-state index is 14.6. The van der Waals surface area contributed by atoms with Crippen molar-refractivity contribution in [2.45, 2.75) is 43.3 Å². The summed E-state index contributed by atoms with van der Waals surface area (Å²) in [7, 11) is 0. The van der Waals surface area contributed by atoms with Gasteiger partial charge in [-0.05, 0) is 61.7 Å². The monoisotopic (exact) mass is 628 g/mol. The van der Waals surface area contributed by atoms with Gasteiger partial charge in [-0.3, -0.25) is 4.79 Å². The molecule has 1 unspecified atom stereocenters. The van der Waals surface area contributed by atoms with Crippen LogP contribution in [0.15, 0.2) is 48.7 Å². The van der Waals surface area contributed by atoms with Crippen LogP contribution in [-0.4, -0.2) is 59.8 Å². The van der Waals surface area contributed by atoms with Crippen molar-refractivity contribution in [3.05, 3.63) is 71.3 Å². The van der Waals surface area contributed by atoms with Gasteiger partial charge in [-0.1, -0.05) is 6.92 Å². The van der Waals surface area contributed by atoms with Gasteiger partial charge in [-0.2, -0.15) is 13.2 Å². The number of aromatic nitrogens is 2. The molecule has 0 saturated heterocycles.